The Morgan fingerprint density at radius 2 is 1.73 bits per heavy atom. The largest absolute Gasteiger partial charge is 0.383 e. The molecule has 0 aliphatic carbocycles. The van der Waals surface area contributed by atoms with Crippen molar-refractivity contribution >= 4 is 0 Å². The van der Waals surface area contributed by atoms with Crippen LogP contribution in [0.25, 0.3) is 0 Å². The second-order valence-corrected chi connectivity index (χ2v) is 6.45. The van der Waals surface area contributed by atoms with Gasteiger partial charge < -0.3 is 9.30 Å². The average Bonchev–Trinajstić information content (AvgIpc) is 3.07. The van der Waals surface area contributed by atoms with Crippen LogP contribution < -0.4 is 0 Å². The minimum Gasteiger partial charge on any atom is -0.383 e. The van der Waals surface area contributed by atoms with Crippen molar-refractivity contribution in [2.24, 2.45) is 0 Å². The molecule has 1 heterocycles. The van der Waals surface area contributed by atoms with E-state index in [0.29, 0.717) is 13.2 Å². The lowest BCUT2D eigenvalue weighted by molar-refractivity contribution is 0.138. The first kappa shape index (κ1) is 18.4. The van der Waals surface area contributed by atoms with Crippen LogP contribution in [-0.2, 0) is 24.4 Å². The zero-order chi connectivity index (χ0) is 18.2. The minimum absolute atomic E-state index is 0.193. The lowest BCUT2D eigenvalue weighted by atomic mass is 10.2. The molecule has 2 aromatic carbocycles. The van der Waals surface area contributed by atoms with Crippen LogP contribution in [0.4, 0.5) is 4.39 Å². The van der Waals surface area contributed by atoms with Gasteiger partial charge in [-0.05, 0) is 35.4 Å². The number of nitrogens with zero attached hydrogens (tertiary/aromatic N) is 2. The Hall–Kier alpha value is -2.43. The first-order chi connectivity index (χ1) is 12.7. The van der Waals surface area contributed by atoms with Crippen molar-refractivity contribution in [1.29, 1.82) is 0 Å². The quantitative estimate of drug-likeness (QED) is 0.570. The second-order valence-electron chi connectivity index (χ2n) is 6.45. The maximum absolute atomic E-state index is 13.5. The van der Waals surface area contributed by atoms with Gasteiger partial charge in [0.1, 0.15) is 5.82 Å². The zero-order valence-electron chi connectivity index (χ0n) is 15.1. The zero-order valence-corrected chi connectivity index (χ0v) is 15.1. The van der Waals surface area contributed by atoms with E-state index < -0.39 is 0 Å². The number of ether oxygens (including phenoxy) is 1. The van der Waals surface area contributed by atoms with E-state index in [1.807, 2.05) is 12.1 Å². The van der Waals surface area contributed by atoms with E-state index >= 15 is 0 Å². The van der Waals surface area contributed by atoms with Gasteiger partial charge >= 0.3 is 0 Å². The van der Waals surface area contributed by atoms with Crippen LogP contribution in [0.2, 0.25) is 0 Å². The van der Waals surface area contributed by atoms with Gasteiger partial charge in [-0.15, -0.1) is 0 Å². The van der Waals surface area contributed by atoms with E-state index in [1.165, 1.54) is 17.3 Å². The fourth-order valence-corrected chi connectivity index (χ4v) is 3.08. The van der Waals surface area contributed by atoms with Gasteiger partial charge in [0.2, 0.25) is 0 Å². The first-order valence-corrected chi connectivity index (χ1v) is 8.88. The number of methoxy groups -OCH3 is 1. The van der Waals surface area contributed by atoms with Crippen LogP contribution in [0.15, 0.2) is 72.9 Å². The molecule has 3 aromatic rings. The summed E-state index contributed by atoms with van der Waals surface area (Å²) in [7, 11) is 1.71. The maximum Gasteiger partial charge on any atom is 0.123 e. The van der Waals surface area contributed by atoms with Crippen molar-refractivity contribution in [3.63, 3.8) is 0 Å². The third-order valence-corrected chi connectivity index (χ3v) is 4.41. The molecule has 26 heavy (non-hydrogen) atoms. The highest BCUT2D eigenvalue weighted by atomic mass is 19.1. The molecule has 0 bridgehead atoms. The van der Waals surface area contributed by atoms with E-state index in [0.717, 1.165) is 25.2 Å². The van der Waals surface area contributed by atoms with E-state index in [-0.39, 0.29) is 5.82 Å². The molecular formula is C22H25FN2O. The standard InChI is InChI=1S/C22H25FN2O/c1-26-14-13-24(16-20-9-5-10-21(23)15-20)18-22-11-6-12-25(22)17-19-7-3-2-4-8-19/h2-12,15H,13-14,16-18H2,1H3. The van der Waals surface area contributed by atoms with Gasteiger partial charge in [0.15, 0.2) is 0 Å². The molecule has 0 spiro atoms. The lowest BCUT2D eigenvalue weighted by Gasteiger charge is -2.23. The Bertz CT molecular complexity index is 801. The smallest absolute Gasteiger partial charge is 0.123 e. The summed E-state index contributed by atoms with van der Waals surface area (Å²) in [4.78, 5) is 2.29. The molecule has 0 aliphatic rings. The summed E-state index contributed by atoms with van der Waals surface area (Å²) in [5.74, 6) is -0.193. The normalized spacial score (nSPS) is 11.2. The molecule has 0 N–H and O–H groups in total. The summed E-state index contributed by atoms with van der Waals surface area (Å²) >= 11 is 0. The summed E-state index contributed by atoms with van der Waals surface area (Å²) in [6, 6.07) is 21.5. The van der Waals surface area contributed by atoms with Crippen LogP contribution in [0.1, 0.15) is 16.8 Å². The summed E-state index contributed by atoms with van der Waals surface area (Å²) < 4.78 is 21.0. The number of benzene rings is 2. The molecule has 3 nitrogen and oxygen atoms in total. The summed E-state index contributed by atoms with van der Waals surface area (Å²) in [6.07, 6.45) is 2.11. The average molecular weight is 352 g/mol. The summed E-state index contributed by atoms with van der Waals surface area (Å²) in [6.45, 7) is 3.77. The molecule has 0 radical (unpaired) electrons. The highest BCUT2D eigenvalue weighted by molar-refractivity contribution is 5.19. The van der Waals surface area contributed by atoms with Crippen LogP contribution in [0, 0.1) is 5.82 Å². The Morgan fingerprint density at radius 1 is 0.923 bits per heavy atom. The predicted octanol–water partition coefficient (Wildman–Crippen LogP) is 4.32. The monoisotopic (exact) mass is 352 g/mol. The molecule has 1 aromatic heterocycles. The topological polar surface area (TPSA) is 17.4 Å². The van der Waals surface area contributed by atoms with Crippen LogP contribution in [0.5, 0.6) is 0 Å². The molecule has 0 saturated heterocycles. The van der Waals surface area contributed by atoms with Gasteiger partial charge in [-0.1, -0.05) is 42.5 Å². The number of hydrogen-bond acceptors (Lipinski definition) is 2. The SMILES string of the molecule is COCCN(Cc1cccc(F)c1)Cc1cccn1Cc1ccccc1. The van der Waals surface area contributed by atoms with Crippen LogP contribution in [-0.4, -0.2) is 29.7 Å². The fourth-order valence-electron chi connectivity index (χ4n) is 3.08. The summed E-state index contributed by atoms with van der Waals surface area (Å²) in [5, 5.41) is 0. The van der Waals surface area contributed by atoms with Crippen molar-refractivity contribution < 1.29 is 9.13 Å². The third-order valence-electron chi connectivity index (χ3n) is 4.41. The Balaban J connectivity index is 1.71. The molecule has 4 heteroatoms. The highest BCUT2D eigenvalue weighted by Crippen LogP contribution is 2.14. The molecule has 3 rings (SSSR count). The summed E-state index contributed by atoms with van der Waals surface area (Å²) in [5.41, 5.74) is 3.49. The molecule has 0 atom stereocenters. The van der Waals surface area contributed by atoms with E-state index in [1.54, 1.807) is 19.2 Å². The molecule has 0 amide bonds. The molecule has 0 saturated carbocycles. The fraction of sp³-hybridized carbons (Fsp3) is 0.273. The van der Waals surface area contributed by atoms with Crippen molar-refractivity contribution in [3.05, 3.63) is 95.6 Å². The van der Waals surface area contributed by atoms with Gasteiger partial charge in [-0.3, -0.25) is 4.90 Å². The second kappa shape index (κ2) is 9.32. The van der Waals surface area contributed by atoms with Crippen LogP contribution in [0.3, 0.4) is 0 Å². The van der Waals surface area contributed by atoms with Gasteiger partial charge in [0.05, 0.1) is 6.61 Å². The van der Waals surface area contributed by atoms with Gasteiger partial charge in [-0.2, -0.15) is 0 Å². The van der Waals surface area contributed by atoms with Gasteiger partial charge in [-0.25, -0.2) is 4.39 Å². The number of halogens is 1. The number of aromatic nitrogens is 1. The van der Waals surface area contributed by atoms with E-state index in [4.69, 9.17) is 4.74 Å². The number of hydrogen-bond donors (Lipinski definition) is 0. The predicted molar refractivity (Wildman–Crippen MR) is 102 cm³/mol. The minimum atomic E-state index is -0.193. The first-order valence-electron chi connectivity index (χ1n) is 8.88. The van der Waals surface area contributed by atoms with Crippen molar-refractivity contribution in [2.45, 2.75) is 19.6 Å². The lowest BCUT2D eigenvalue weighted by Crippen LogP contribution is -2.27. The van der Waals surface area contributed by atoms with Crippen molar-refractivity contribution in [2.75, 3.05) is 20.3 Å². The number of rotatable bonds is 9. The van der Waals surface area contributed by atoms with Gasteiger partial charge in [0.25, 0.3) is 0 Å². The molecule has 0 unspecified atom stereocenters. The highest BCUT2D eigenvalue weighted by Gasteiger charge is 2.11. The molecular weight excluding hydrogens is 327 g/mol. The van der Waals surface area contributed by atoms with Crippen molar-refractivity contribution in [1.82, 2.24) is 9.47 Å². The molecule has 136 valence electrons. The Labute approximate surface area is 154 Å². The molecule has 0 aliphatic heterocycles. The Morgan fingerprint density at radius 3 is 2.50 bits per heavy atom. The van der Waals surface area contributed by atoms with E-state index in [2.05, 4.69) is 52.1 Å². The Kier molecular flexibility index (Phi) is 6.58. The maximum atomic E-state index is 13.5. The molecule has 0 fully saturated rings. The van der Waals surface area contributed by atoms with Gasteiger partial charge in [0, 0.05) is 45.2 Å². The van der Waals surface area contributed by atoms with Crippen molar-refractivity contribution in [3.8, 4) is 0 Å². The third kappa shape index (κ3) is 5.28. The van der Waals surface area contributed by atoms with Crippen LogP contribution >= 0.6 is 0 Å². The van der Waals surface area contributed by atoms with E-state index in [9.17, 15) is 4.39 Å².